The van der Waals surface area contributed by atoms with Crippen molar-refractivity contribution in [1.29, 1.82) is 0 Å². The van der Waals surface area contributed by atoms with Crippen LogP contribution in [0.5, 0.6) is 0 Å². The Kier molecular flexibility index (Phi) is 5.09. The van der Waals surface area contributed by atoms with E-state index in [0.29, 0.717) is 19.5 Å². The fraction of sp³-hybridized carbons (Fsp3) is 0.375. The van der Waals surface area contributed by atoms with E-state index >= 15 is 0 Å². The molecule has 0 bridgehead atoms. The fourth-order valence-corrected chi connectivity index (χ4v) is 2.19. The van der Waals surface area contributed by atoms with Crippen molar-refractivity contribution in [2.45, 2.75) is 26.0 Å². The van der Waals surface area contributed by atoms with Gasteiger partial charge in [0.25, 0.3) is 0 Å². The number of aliphatic hydroxyl groups excluding tert-OH is 1. The molecule has 21 heavy (non-hydrogen) atoms. The molecule has 0 saturated heterocycles. The molecule has 0 aliphatic heterocycles. The molecule has 1 unspecified atom stereocenters. The lowest BCUT2D eigenvalue weighted by molar-refractivity contribution is 0.141. The average molecular weight is 295 g/mol. The van der Waals surface area contributed by atoms with Gasteiger partial charge in [0.1, 0.15) is 11.5 Å². The molecule has 0 aliphatic rings. The summed E-state index contributed by atoms with van der Waals surface area (Å²) in [5.41, 5.74) is -0.00255. The highest BCUT2D eigenvalue weighted by molar-refractivity contribution is 5.21. The molecule has 114 valence electrons. The lowest BCUT2D eigenvalue weighted by atomic mass is 10.1. The van der Waals surface area contributed by atoms with Crippen molar-refractivity contribution < 1.29 is 18.3 Å². The van der Waals surface area contributed by atoms with Gasteiger partial charge in [0.05, 0.1) is 12.6 Å². The first-order valence-corrected chi connectivity index (χ1v) is 6.83. The molecular weight excluding hydrogens is 276 g/mol. The second-order valence-corrected chi connectivity index (χ2v) is 5.20. The Bertz CT molecular complexity index is 598. The second kappa shape index (κ2) is 6.83. The van der Waals surface area contributed by atoms with E-state index in [0.717, 1.165) is 17.6 Å². The zero-order valence-electron chi connectivity index (χ0n) is 12.1. The van der Waals surface area contributed by atoms with Gasteiger partial charge in [0.15, 0.2) is 11.6 Å². The number of hydrogen-bond donors (Lipinski definition) is 1. The number of aliphatic hydroxyl groups is 1. The number of rotatable bonds is 6. The molecule has 1 heterocycles. The van der Waals surface area contributed by atoms with Crippen molar-refractivity contribution in [1.82, 2.24) is 4.90 Å². The zero-order chi connectivity index (χ0) is 15.4. The van der Waals surface area contributed by atoms with Gasteiger partial charge in [-0.2, -0.15) is 0 Å². The standard InChI is InChI=1S/C16H19F2NO2/c1-11-6-7-12(21-11)10-19(2)9-8-15(20)13-4-3-5-14(17)16(13)18/h3-7,15,20H,8-10H2,1-2H3. The maximum Gasteiger partial charge on any atom is 0.164 e. The highest BCUT2D eigenvalue weighted by Gasteiger charge is 2.16. The largest absolute Gasteiger partial charge is 0.465 e. The summed E-state index contributed by atoms with van der Waals surface area (Å²) in [6.07, 6.45) is -0.710. The predicted molar refractivity (Wildman–Crippen MR) is 75.7 cm³/mol. The number of halogens is 2. The molecule has 3 nitrogen and oxygen atoms in total. The monoisotopic (exact) mass is 295 g/mol. The Morgan fingerprint density at radius 3 is 2.67 bits per heavy atom. The van der Waals surface area contributed by atoms with Crippen LogP contribution in [-0.4, -0.2) is 23.6 Å². The Labute approximate surface area is 122 Å². The lowest BCUT2D eigenvalue weighted by Crippen LogP contribution is -2.21. The molecule has 2 aromatic rings. The van der Waals surface area contributed by atoms with E-state index in [2.05, 4.69) is 0 Å². The van der Waals surface area contributed by atoms with Gasteiger partial charge >= 0.3 is 0 Å². The highest BCUT2D eigenvalue weighted by atomic mass is 19.2. The first kappa shape index (κ1) is 15.7. The summed E-state index contributed by atoms with van der Waals surface area (Å²) in [7, 11) is 1.88. The summed E-state index contributed by atoms with van der Waals surface area (Å²) in [6, 6.07) is 7.62. The van der Waals surface area contributed by atoms with E-state index in [1.54, 1.807) is 0 Å². The van der Waals surface area contributed by atoms with E-state index in [-0.39, 0.29) is 5.56 Å². The van der Waals surface area contributed by atoms with Gasteiger partial charge in [-0.15, -0.1) is 0 Å². The molecule has 0 saturated carbocycles. The number of benzene rings is 1. The average Bonchev–Trinajstić information content (AvgIpc) is 2.84. The minimum absolute atomic E-state index is 0.00255. The van der Waals surface area contributed by atoms with Gasteiger partial charge in [-0.3, -0.25) is 4.90 Å². The first-order valence-electron chi connectivity index (χ1n) is 6.83. The van der Waals surface area contributed by atoms with Gasteiger partial charge in [0, 0.05) is 12.1 Å². The van der Waals surface area contributed by atoms with Crippen molar-refractivity contribution in [3.63, 3.8) is 0 Å². The van der Waals surface area contributed by atoms with E-state index in [1.807, 2.05) is 31.0 Å². The maximum atomic E-state index is 13.6. The van der Waals surface area contributed by atoms with E-state index in [9.17, 15) is 13.9 Å². The molecular formula is C16H19F2NO2. The van der Waals surface area contributed by atoms with Gasteiger partial charge in [-0.1, -0.05) is 12.1 Å². The molecule has 1 N–H and O–H groups in total. The fourth-order valence-electron chi connectivity index (χ4n) is 2.19. The van der Waals surface area contributed by atoms with Gasteiger partial charge < -0.3 is 9.52 Å². The minimum atomic E-state index is -1.03. The summed E-state index contributed by atoms with van der Waals surface area (Å²) in [5, 5.41) is 9.99. The Morgan fingerprint density at radius 2 is 2.00 bits per heavy atom. The minimum Gasteiger partial charge on any atom is -0.465 e. The van der Waals surface area contributed by atoms with Crippen LogP contribution in [0.25, 0.3) is 0 Å². The number of hydrogen-bond acceptors (Lipinski definition) is 3. The normalized spacial score (nSPS) is 12.9. The van der Waals surface area contributed by atoms with Crippen molar-refractivity contribution in [3.8, 4) is 0 Å². The van der Waals surface area contributed by atoms with E-state index in [1.165, 1.54) is 12.1 Å². The summed E-state index contributed by atoms with van der Waals surface area (Å²) in [5.74, 6) is -0.234. The molecule has 0 aliphatic carbocycles. The highest BCUT2D eigenvalue weighted by Crippen LogP contribution is 2.22. The molecule has 1 aromatic heterocycles. The summed E-state index contributed by atoms with van der Waals surface area (Å²) in [4.78, 5) is 1.96. The summed E-state index contributed by atoms with van der Waals surface area (Å²) in [6.45, 7) is 3.02. The molecule has 0 fully saturated rings. The van der Waals surface area contributed by atoms with Crippen LogP contribution in [0, 0.1) is 18.6 Å². The quantitative estimate of drug-likeness (QED) is 0.887. The van der Waals surface area contributed by atoms with Crippen LogP contribution in [0.15, 0.2) is 34.7 Å². The molecule has 5 heteroatoms. The SMILES string of the molecule is Cc1ccc(CN(C)CCC(O)c2cccc(F)c2F)o1. The Balaban J connectivity index is 1.88. The summed E-state index contributed by atoms with van der Waals surface area (Å²) >= 11 is 0. The third-order valence-electron chi connectivity index (χ3n) is 3.35. The number of furan rings is 1. The Morgan fingerprint density at radius 1 is 1.24 bits per heavy atom. The van der Waals surface area contributed by atoms with Crippen LogP contribution in [0.4, 0.5) is 8.78 Å². The van der Waals surface area contributed by atoms with Crippen LogP contribution in [0.1, 0.15) is 29.6 Å². The van der Waals surface area contributed by atoms with Crippen LogP contribution < -0.4 is 0 Å². The Hall–Kier alpha value is -1.72. The topological polar surface area (TPSA) is 36.6 Å². The van der Waals surface area contributed by atoms with Crippen molar-refractivity contribution in [2.75, 3.05) is 13.6 Å². The van der Waals surface area contributed by atoms with Crippen molar-refractivity contribution in [3.05, 3.63) is 59.1 Å². The van der Waals surface area contributed by atoms with Crippen LogP contribution in [-0.2, 0) is 6.54 Å². The molecule has 1 aromatic carbocycles. The number of nitrogens with zero attached hydrogens (tertiary/aromatic N) is 1. The third kappa shape index (κ3) is 4.12. The van der Waals surface area contributed by atoms with E-state index in [4.69, 9.17) is 4.42 Å². The van der Waals surface area contributed by atoms with Crippen molar-refractivity contribution in [2.24, 2.45) is 0 Å². The smallest absolute Gasteiger partial charge is 0.164 e. The van der Waals surface area contributed by atoms with Crippen LogP contribution in [0.2, 0.25) is 0 Å². The van der Waals surface area contributed by atoms with Gasteiger partial charge in [0.2, 0.25) is 0 Å². The number of aryl methyl sites for hydroxylation is 1. The molecule has 2 rings (SSSR count). The van der Waals surface area contributed by atoms with Crippen LogP contribution in [0.3, 0.4) is 0 Å². The van der Waals surface area contributed by atoms with Crippen molar-refractivity contribution >= 4 is 0 Å². The van der Waals surface area contributed by atoms with Crippen LogP contribution >= 0.6 is 0 Å². The van der Waals surface area contributed by atoms with Gasteiger partial charge in [-0.05, 0) is 38.6 Å². The third-order valence-corrected chi connectivity index (χ3v) is 3.35. The lowest BCUT2D eigenvalue weighted by Gasteiger charge is -2.18. The molecule has 0 radical (unpaired) electrons. The maximum absolute atomic E-state index is 13.6. The zero-order valence-corrected chi connectivity index (χ0v) is 12.1. The molecule has 0 spiro atoms. The first-order chi connectivity index (χ1) is 9.97. The molecule has 1 atom stereocenters. The second-order valence-electron chi connectivity index (χ2n) is 5.20. The van der Waals surface area contributed by atoms with Gasteiger partial charge in [-0.25, -0.2) is 8.78 Å². The molecule has 0 amide bonds. The van der Waals surface area contributed by atoms with E-state index < -0.39 is 17.7 Å². The predicted octanol–water partition coefficient (Wildman–Crippen LogP) is 3.42. The summed E-state index contributed by atoms with van der Waals surface area (Å²) < 4.78 is 32.1.